The van der Waals surface area contributed by atoms with Crippen molar-refractivity contribution in [3.63, 3.8) is 0 Å². The van der Waals surface area contributed by atoms with E-state index in [9.17, 15) is 31.2 Å². The number of piperazine rings is 1. The first kappa shape index (κ1) is 28.5. The van der Waals surface area contributed by atoms with Crippen molar-refractivity contribution in [2.24, 2.45) is 5.92 Å². The Kier molecular flexibility index (Phi) is 9.62. The molecule has 13 heteroatoms. The SMILES string of the molecule is CC(C)CC(NC(=O)[C@@H]1CNCCN1S(=O)(=O)Cc1c(F)cc(F)cc1F)C(=O)NCc1cccnc1. The van der Waals surface area contributed by atoms with Crippen LogP contribution in [0.3, 0.4) is 0 Å². The Labute approximate surface area is 213 Å². The Morgan fingerprint density at radius 2 is 1.92 bits per heavy atom. The van der Waals surface area contributed by atoms with E-state index in [0.29, 0.717) is 18.6 Å². The lowest BCUT2D eigenvalue weighted by molar-refractivity contribution is -0.131. The van der Waals surface area contributed by atoms with Gasteiger partial charge in [-0.2, -0.15) is 4.31 Å². The minimum Gasteiger partial charge on any atom is -0.350 e. The molecular formula is C24H30F3N5O4S. The summed E-state index contributed by atoms with van der Waals surface area (Å²) in [7, 11) is -4.39. The average Bonchev–Trinajstić information content (AvgIpc) is 2.84. The van der Waals surface area contributed by atoms with Gasteiger partial charge >= 0.3 is 0 Å². The summed E-state index contributed by atoms with van der Waals surface area (Å²) in [5.74, 6) is -6.07. The van der Waals surface area contributed by atoms with Crippen LogP contribution in [0.5, 0.6) is 0 Å². The van der Waals surface area contributed by atoms with Gasteiger partial charge in [0.15, 0.2) is 0 Å². The van der Waals surface area contributed by atoms with Crippen LogP contribution in [-0.4, -0.2) is 61.2 Å². The fourth-order valence-corrected chi connectivity index (χ4v) is 5.74. The van der Waals surface area contributed by atoms with Gasteiger partial charge in [-0.3, -0.25) is 14.6 Å². The van der Waals surface area contributed by atoms with Crippen molar-refractivity contribution < 1.29 is 31.2 Å². The maximum Gasteiger partial charge on any atom is 0.242 e. The third kappa shape index (κ3) is 7.73. The van der Waals surface area contributed by atoms with E-state index in [1.165, 1.54) is 0 Å². The topological polar surface area (TPSA) is 121 Å². The number of pyridine rings is 1. The zero-order valence-corrected chi connectivity index (χ0v) is 21.3. The second-order valence-corrected chi connectivity index (χ2v) is 11.1. The highest BCUT2D eigenvalue weighted by molar-refractivity contribution is 7.88. The van der Waals surface area contributed by atoms with Crippen LogP contribution in [-0.2, 0) is 31.9 Å². The van der Waals surface area contributed by atoms with Crippen molar-refractivity contribution in [3.8, 4) is 0 Å². The molecule has 37 heavy (non-hydrogen) atoms. The average molecular weight is 542 g/mol. The molecule has 0 aliphatic carbocycles. The van der Waals surface area contributed by atoms with Gasteiger partial charge in [-0.05, 0) is 24.0 Å². The molecule has 3 rings (SSSR count). The second-order valence-electron chi connectivity index (χ2n) is 9.20. The number of nitrogens with one attached hydrogen (secondary N) is 3. The summed E-state index contributed by atoms with van der Waals surface area (Å²) in [6, 6.07) is 2.11. The molecule has 2 heterocycles. The maximum absolute atomic E-state index is 14.1. The number of aromatic nitrogens is 1. The van der Waals surface area contributed by atoms with Gasteiger partial charge in [-0.1, -0.05) is 19.9 Å². The molecule has 0 bridgehead atoms. The summed E-state index contributed by atoms with van der Waals surface area (Å²) < 4.78 is 68.6. The highest BCUT2D eigenvalue weighted by atomic mass is 32.2. The smallest absolute Gasteiger partial charge is 0.242 e. The van der Waals surface area contributed by atoms with Crippen LogP contribution >= 0.6 is 0 Å². The minimum absolute atomic E-state index is 0.0307. The quantitative estimate of drug-likeness (QED) is 0.419. The lowest BCUT2D eigenvalue weighted by atomic mass is 10.0. The van der Waals surface area contributed by atoms with Crippen LogP contribution in [0.25, 0.3) is 0 Å². The second kappa shape index (κ2) is 12.5. The number of sulfonamides is 1. The molecule has 1 fully saturated rings. The maximum atomic E-state index is 14.1. The molecule has 2 aromatic rings. The van der Waals surface area contributed by atoms with Crippen LogP contribution in [0.4, 0.5) is 13.2 Å². The third-order valence-corrected chi connectivity index (χ3v) is 7.62. The predicted octanol–water partition coefficient (Wildman–Crippen LogP) is 1.45. The van der Waals surface area contributed by atoms with Crippen molar-refractivity contribution in [2.45, 2.75) is 44.6 Å². The molecule has 1 unspecified atom stereocenters. The van der Waals surface area contributed by atoms with Crippen molar-refractivity contribution in [2.75, 3.05) is 19.6 Å². The third-order valence-electron chi connectivity index (χ3n) is 5.82. The largest absolute Gasteiger partial charge is 0.350 e. The van der Waals surface area contributed by atoms with Crippen LogP contribution < -0.4 is 16.0 Å². The minimum atomic E-state index is -4.39. The van der Waals surface area contributed by atoms with Crippen molar-refractivity contribution in [1.82, 2.24) is 25.2 Å². The van der Waals surface area contributed by atoms with Crippen LogP contribution in [0.1, 0.15) is 31.4 Å². The van der Waals surface area contributed by atoms with E-state index >= 15 is 0 Å². The molecule has 0 saturated carbocycles. The van der Waals surface area contributed by atoms with Gasteiger partial charge in [0.2, 0.25) is 21.8 Å². The number of hydrogen-bond donors (Lipinski definition) is 3. The van der Waals surface area contributed by atoms with Gasteiger partial charge in [0.05, 0.1) is 5.75 Å². The molecule has 1 aromatic heterocycles. The van der Waals surface area contributed by atoms with Crippen molar-refractivity contribution in [3.05, 3.63) is 65.2 Å². The van der Waals surface area contributed by atoms with E-state index in [2.05, 4.69) is 20.9 Å². The van der Waals surface area contributed by atoms with E-state index in [1.54, 1.807) is 24.5 Å². The summed E-state index contributed by atoms with van der Waals surface area (Å²) in [5.41, 5.74) is -0.0500. The first-order valence-corrected chi connectivity index (χ1v) is 13.4. The van der Waals surface area contributed by atoms with Crippen LogP contribution in [0, 0.1) is 23.4 Å². The fourth-order valence-electron chi connectivity index (χ4n) is 4.00. The van der Waals surface area contributed by atoms with E-state index in [0.717, 1.165) is 9.87 Å². The van der Waals surface area contributed by atoms with Gasteiger partial charge < -0.3 is 16.0 Å². The zero-order chi connectivity index (χ0) is 27.2. The van der Waals surface area contributed by atoms with Crippen molar-refractivity contribution >= 4 is 21.8 Å². The van der Waals surface area contributed by atoms with Gasteiger partial charge in [0.25, 0.3) is 0 Å². The van der Waals surface area contributed by atoms with E-state index in [4.69, 9.17) is 0 Å². The molecule has 9 nitrogen and oxygen atoms in total. The van der Waals surface area contributed by atoms with Gasteiger partial charge in [-0.15, -0.1) is 0 Å². The zero-order valence-electron chi connectivity index (χ0n) is 20.5. The number of benzene rings is 1. The fraction of sp³-hybridized carbons (Fsp3) is 0.458. The van der Waals surface area contributed by atoms with E-state index < -0.39 is 62.7 Å². The number of amides is 2. The molecule has 1 aliphatic rings. The van der Waals surface area contributed by atoms with Crippen molar-refractivity contribution in [1.29, 1.82) is 0 Å². The standard InChI is InChI=1S/C24H30F3N5O4S/c1-15(2)8-21(23(33)30-12-16-4-3-5-28-11-16)31-24(34)22-13-29-6-7-32(22)37(35,36)14-18-19(26)9-17(25)10-20(18)27/h3-5,9-11,15,21-22,29H,6-8,12-14H2,1-2H3,(H,30,33)(H,31,34)/t21?,22-/m0/s1. The molecule has 3 N–H and O–H groups in total. The van der Waals surface area contributed by atoms with Gasteiger partial charge in [0.1, 0.15) is 29.5 Å². The Balaban J connectivity index is 1.75. The number of carbonyl (C=O) groups excluding carboxylic acids is 2. The van der Waals surface area contributed by atoms with Gasteiger partial charge in [-0.25, -0.2) is 21.6 Å². The molecule has 1 aliphatic heterocycles. The Hall–Kier alpha value is -3.03. The Morgan fingerprint density at radius 3 is 2.54 bits per heavy atom. The summed E-state index contributed by atoms with van der Waals surface area (Å²) in [4.78, 5) is 30.1. The highest BCUT2D eigenvalue weighted by Crippen LogP contribution is 2.21. The highest BCUT2D eigenvalue weighted by Gasteiger charge is 2.39. The normalized spacial score (nSPS) is 17.4. The number of nitrogens with zero attached hydrogens (tertiary/aromatic N) is 2. The molecule has 2 atom stereocenters. The Morgan fingerprint density at radius 1 is 1.22 bits per heavy atom. The molecule has 1 aromatic carbocycles. The first-order valence-electron chi connectivity index (χ1n) is 11.8. The number of hydrogen-bond acceptors (Lipinski definition) is 6. The van der Waals surface area contributed by atoms with Crippen LogP contribution in [0.15, 0.2) is 36.7 Å². The first-order chi connectivity index (χ1) is 17.5. The predicted molar refractivity (Wildman–Crippen MR) is 130 cm³/mol. The summed E-state index contributed by atoms with van der Waals surface area (Å²) in [5, 5.41) is 8.32. The summed E-state index contributed by atoms with van der Waals surface area (Å²) >= 11 is 0. The Bertz CT molecular complexity index is 1190. The van der Waals surface area contributed by atoms with E-state index in [1.807, 2.05) is 13.8 Å². The summed E-state index contributed by atoms with van der Waals surface area (Å²) in [6.07, 6.45) is 3.49. The lowest BCUT2D eigenvalue weighted by Gasteiger charge is -2.35. The molecule has 0 spiro atoms. The molecule has 202 valence electrons. The van der Waals surface area contributed by atoms with Gasteiger partial charge in [0, 0.05) is 56.3 Å². The number of halogens is 3. The molecular weight excluding hydrogens is 511 g/mol. The van der Waals surface area contributed by atoms with E-state index in [-0.39, 0.29) is 32.1 Å². The molecule has 1 saturated heterocycles. The number of carbonyl (C=O) groups is 2. The lowest BCUT2D eigenvalue weighted by Crippen LogP contribution is -2.61. The monoisotopic (exact) mass is 541 g/mol. The number of rotatable bonds is 10. The molecule has 2 amide bonds. The van der Waals surface area contributed by atoms with Crippen LogP contribution in [0.2, 0.25) is 0 Å². The molecule has 0 radical (unpaired) electrons. The summed E-state index contributed by atoms with van der Waals surface area (Å²) in [6.45, 7) is 3.95.